The highest BCUT2D eigenvalue weighted by Crippen LogP contribution is 2.16. The molecule has 0 atom stereocenters. The van der Waals surface area contributed by atoms with Crippen LogP contribution < -0.4 is 21.2 Å². The molecular weight excluding hydrogens is 378 g/mol. The molecule has 3 heterocycles. The van der Waals surface area contributed by atoms with Crippen LogP contribution in [0.25, 0.3) is 16.7 Å². The number of pyridine rings is 2. The fourth-order valence-corrected chi connectivity index (χ4v) is 3.38. The first-order valence-electron chi connectivity index (χ1n) is 9.57. The maximum atomic E-state index is 13.2. The van der Waals surface area contributed by atoms with Gasteiger partial charge in [-0.25, -0.2) is 4.57 Å². The Morgan fingerprint density at radius 1 is 1.27 bits per heavy atom. The SMILES string of the molecule is C=CCNC(=O)c1cc2c(=O)n3ccccc3nc2[n+](Cc2ccc(C)cc2)c1N. The fourth-order valence-electron chi connectivity index (χ4n) is 3.38. The summed E-state index contributed by atoms with van der Waals surface area (Å²) in [6.45, 7) is 6.30. The molecule has 0 aliphatic carbocycles. The number of carbonyl (C=O) groups is 1. The predicted molar refractivity (Wildman–Crippen MR) is 116 cm³/mol. The van der Waals surface area contributed by atoms with Crippen molar-refractivity contribution in [1.29, 1.82) is 0 Å². The van der Waals surface area contributed by atoms with Gasteiger partial charge in [0.25, 0.3) is 17.1 Å². The first kappa shape index (κ1) is 19.3. The topological polar surface area (TPSA) is 93.4 Å². The standard InChI is InChI=1S/C23H21N5O2/c1-3-11-25-22(29)17-13-18-21(26-19-6-4-5-12-27(19)23(18)30)28(20(17)24)14-16-9-7-15(2)8-10-16/h3-10,12-13,24H,1,11,14H2,2H3,(H,25,29)/p+1. The van der Waals surface area contributed by atoms with Gasteiger partial charge in [0.1, 0.15) is 10.9 Å². The highest BCUT2D eigenvalue weighted by molar-refractivity contribution is 6.00. The van der Waals surface area contributed by atoms with Crippen molar-refractivity contribution in [3.63, 3.8) is 0 Å². The summed E-state index contributed by atoms with van der Waals surface area (Å²) in [5.74, 6) is -0.124. The van der Waals surface area contributed by atoms with Gasteiger partial charge in [-0.1, -0.05) is 47.0 Å². The van der Waals surface area contributed by atoms with E-state index in [1.807, 2.05) is 37.3 Å². The number of fused-ring (bicyclic) bond motifs is 2. The molecule has 150 valence electrons. The van der Waals surface area contributed by atoms with E-state index in [9.17, 15) is 9.59 Å². The zero-order chi connectivity index (χ0) is 21.3. The van der Waals surface area contributed by atoms with Crippen molar-refractivity contribution < 1.29 is 9.36 Å². The third-order valence-electron chi connectivity index (χ3n) is 4.97. The molecule has 0 radical (unpaired) electrons. The Balaban J connectivity index is 2.00. The van der Waals surface area contributed by atoms with Gasteiger partial charge in [-0.3, -0.25) is 14.0 Å². The van der Waals surface area contributed by atoms with Gasteiger partial charge in [0.15, 0.2) is 0 Å². The Bertz CT molecular complexity index is 1340. The number of benzene rings is 1. The van der Waals surface area contributed by atoms with E-state index in [-0.39, 0.29) is 22.8 Å². The number of nitrogens with one attached hydrogen (secondary N) is 1. The summed E-state index contributed by atoms with van der Waals surface area (Å²) in [6.07, 6.45) is 3.24. The molecule has 0 spiro atoms. The average molecular weight is 400 g/mol. The number of nitrogens with two attached hydrogens (primary N) is 1. The van der Waals surface area contributed by atoms with Crippen LogP contribution in [0.4, 0.5) is 5.82 Å². The van der Waals surface area contributed by atoms with Gasteiger partial charge in [0, 0.05) is 12.7 Å². The van der Waals surface area contributed by atoms with Crippen LogP contribution in [0.2, 0.25) is 0 Å². The van der Waals surface area contributed by atoms with E-state index in [2.05, 4.69) is 16.9 Å². The minimum absolute atomic E-state index is 0.228. The van der Waals surface area contributed by atoms with Crippen molar-refractivity contribution in [2.45, 2.75) is 13.5 Å². The van der Waals surface area contributed by atoms with Gasteiger partial charge >= 0.3 is 0 Å². The lowest BCUT2D eigenvalue weighted by molar-refractivity contribution is -0.649. The first-order valence-corrected chi connectivity index (χ1v) is 9.57. The number of hydrogen-bond donors (Lipinski definition) is 2. The first-order chi connectivity index (χ1) is 14.5. The third-order valence-corrected chi connectivity index (χ3v) is 4.97. The number of carbonyl (C=O) groups excluding carboxylic acids is 1. The van der Waals surface area contributed by atoms with Gasteiger partial charge in [0.2, 0.25) is 11.5 Å². The number of hydrogen-bond acceptors (Lipinski definition) is 4. The number of rotatable bonds is 5. The molecule has 4 rings (SSSR count). The molecule has 0 unspecified atom stereocenters. The summed E-state index contributed by atoms with van der Waals surface area (Å²) in [5, 5.41) is 3.05. The van der Waals surface area contributed by atoms with Crippen LogP contribution >= 0.6 is 0 Å². The summed E-state index contributed by atoms with van der Waals surface area (Å²) in [5.41, 5.74) is 9.46. The summed E-state index contributed by atoms with van der Waals surface area (Å²) in [6, 6.07) is 14.9. The Kier molecular flexibility index (Phi) is 5.02. The van der Waals surface area contributed by atoms with Crippen molar-refractivity contribution >= 4 is 28.4 Å². The van der Waals surface area contributed by atoms with E-state index in [1.54, 1.807) is 29.0 Å². The molecular formula is C23H22N5O2+. The molecule has 3 aromatic heterocycles. The number of nitrogen functional groups attached to an aromatic ring is 1. The van der Waals surface area contributed by atoms with Crippen LogP contribution in [0.5, 0.6) is 0 Å². The second-order valence-corrected chi connectivity index (χ2v) is 7.10. The second kappa shape index (κ2) is 7.79. The molecule has 7 nitrogen and oxygen atoms in total. The lowest BCUT2D eigenvalue weighted by Crippen LogP contribution is -2.43. The maximum Gasteiger partial charge on any atom is 0.278 e. The summed E-state index contributed by atoms with van der Waals surface area (Å²) in [4.78, 5) is 30.5. The molecule has 0 saturated carbocycles. The molecule has 1 aromatic carbocycles. The highest BCUT2D eigenvalue weighted by atomic mass is 16.1. The smallest absolute Gasteiger partial charge is 0.278 e. The molecule has 0 aliphatic heterocycles. The van der Waals surface area contributed by atoms with Crippen LogP contribution in [0, 0.1) is 6.92 Å². The average Bonchev–Trinajstić information content (AvgIpc) is 2.75. The van der Waals surface area contributed by atoms with Crippen molar-refractivity contribution in [2.24, 2.45) is 0 Å². The zero-order valence-corrected chi connectivity index (χ0v) is 16.6. The van der Waals surface area contributed by atoms with Gasteiger partial charge in [-0.05, 0) is 30.7 Å². The van der Waals surface area contributed by atoms with Crippen LogP contribution in [0.15, 0.2) is 72.2 Å². The van der Waals surface area contributed by atoms with E-state index in [1.165, 1.54) is 10.5 Å². The monoisotopic (exact) mass is 400 g/mol. The van der Waals surface area contributed by atoms with Gasteiger partial charge in [0.05, 0.1) is 6.54 Å². The molecule has 3 N–H and O–H groups in total. The molecule has 4 aromatic rings. The minimum Gasteiger partial charge on any atom is -0.348 e. The van der Waals surface area contributed by atoms with Crippen molar-refractivity contribution in [2.75, 3.05) is 12.3 Å². The Hall–Kier alpha value is -4.00. The molecule has 0 saturated heterocycles. The third kappa shape index (κ3) is 3.41. The largest absolute Gasteiger partial charge is 0.348 e. The van der Waals surface area contributed by atoms with Crippen molar-refractivity contribution in [3.05, 3.63) is 94.4 Å². The Morgan fingerprint density at radius 3 is 2.77 bits per heavy atom. The minimum atomic E-state index is -0.371. The highest BCUT2D eigenvalue weighted by Gasteiger charge is 2.24. The Morgan fingerprint density at radius 2 is 2.03 bits per heavy atom. The Labute approximate surface area is 173 Å². The lowest BCUT2D eigenvalue weighted by atomic mass is 10.1. The predicted octanol–water partition coefficient (Wildman–Crippen LogP) is 1.99. The molecule has 0 fully saturated rings. The van der Waals surface area contributed by atoms with E-state index in [4.69, 9.17) is 5.73 Å². The number of aromatic nitrogens is 3. The summed E-state index contributed by atoms with van der Waals surface area (Å²) < 4.78 is 3.18. The number of aryl methyl sites for hydroxylation is 1. The number of amides is 1. The van der Waals surface area contributed by atoms with E-state index < -0.39 is 0 Å². The van der Waals surface area contributed by atoms with Crippen LogP contribution in [-0.4, -0.2) is 21.8 Å². The van der Waals surface area contributed by atoms with Crippen LogP contribution in [0.1, 0.15) is 21.5 Å². The zero-order valence-electron chi connectivity index (χ0n) is 16.6. The second-order valence-electron chi connectivity index (χ2n) is 7.10. The van der Waals surface area contributed by atoms with E-state index >= 15 is 0 Å². The van der Waals surface area contributed by atoms with Gasteiger partial charge in [-0.15, -0.1) is 6.58 Å². The van der Waals surface area contributed by atoms with Crippen LogP contribution in [0.3, 0.4) is 0 Å². The lowest BCUT2D eigenvalue weighted by Gasteiger charge is -2.12. The molecule has 1 amide bonds. The van der Waals surface area contributed by atoms with E-state index in [0.29, 0.717) is 29.8 Å². The van der Waals surface area contributed by atoms with Crippen LogP contribution in [-0.2, 0) is 6.54 Å². The maximum absolute atomic E-state index is 13.2. The van der Waals surface area contributed by atoms with E-state index in [0.717, 1.165) is 11.1 Å². The molecule has 0 aliphatic rings. The molecule has 0 bridgehead atoms. The van der Waals surface area contributed by atoms with Gasteiger partial charge in [-0.2, -0.15) is 0 Å². The molecule has 30 heavy (non-hydrogen) atoms. The van der Waals surface area contributed by atoms with Crippen molar-refractivity contribution in [1.82, 2.24) is 14.7 Å². The van der Waals surface area contributed by atoms with Gasteiger partial charge < -0.3 is 11.1 Å². The van der Waals surface area contributed by atoms with Crippen molar-refractivity contribution in [3.8, 4) is 0 Å². The molecule has 7 heteroatoms. The fraction of sp³-hybridized carbons (Fsp3) is 0.130. The normalized spacial score (nSPS) is 11.0. The summed E-state index contributed by atoms with van der Waals surface area (Å²) in [7, 11) is 0. The number of anilines is 1. The quantitative estimate of drug-likeness (QED) is 0.304. The number of nitrogens with zero attached hydrogens (tertiary/aromatic N) is 3. The summed E-state index contributed by atoms with van der Waals surface area (Å²) >= 11 is 0.